The molecular formula is C18H23N3O2. The molecule has 0 aliphatic heterocycles. The molecule has 0 unspecified atom stereocenters. The first kappa shape index (κ1) is 15.7. The van der Waals surface area contributed by atoms with E-state index < -0.39 is 5.60 Å². The summed E-state index contributed by atoms with van der Waals surface area (Å²) in [6.07, 6.45) is 3.55. The van der Waals surface area contributed by atoms with E-state index in [9.17, 15) is 9.90 Å². The number of benzene rings is 1. The van der Waals surface area contributed by atoms with Crippen LogP contribution in [0.4, 0.5) is 5.82 Å². The lowest BCUT2D eigenvalue weighted by Gasteiger charge is -2.20. The lowest BCUT2D eigenvalue weighted by molar-refractivity contribution is -0.120. The highest BCUT2D eigenvalue weighted by atomic mass is 16.3. The van der Waals surface area contributed by atoms with Gasteiger partial charge >= 0.3 is 0 Å². The van der Waals surface area contributed by atoms with Crippen LogP contribution in [0.5, 0.6) is 0 Å². The van der Waals surface area contributed by atoms with Crippen LogP contribution in [0.15, 0.2) is 30.3 Å². The van der Waals surface area contributed by atoms with Crippen molar-refractivity contribution in [3.63, 3.8) is 0 Å². The summed E-state index contributed by atoms with van der Waals surface area (Å²) < 4.78 is 1.67. The van der Waals surface area contributed by atoms with Crippen molar-refractivity contribution in [2.24, 2.45) is 7.05 Å². The number of aliphatic hydroxyl groups is 1. The molecule has 1 amide bonds. The van der Waals surface area contributed by atoms with Gasteiger partial charge in [-0.3, -0.25) is 9.48 Å². The fraction of sp³-hybridized carbons (Fsp3) is 0.444. The highest BCUT2D eigenvalue weighted by Crippen LogP contribution is 2.32. The topological polar surface area (TPSA) is 67.2 Å². The van der Waals surface area contributed by atoms with Gasteiger partial charge in [-0.25, -0.2) is 0 Å². The summed E-state index contributed by atoms with van der Waals surface area (Å²) in [5.41, 5.74) is 2.20. The molecule has 1 heterocycles. The van der Waals surface area contributed by atoms with Crippen LogP contribution in [0, 0.1) is 6.92 Å². The lowest BCUT2D eigenvalue weighted by Crippen LogP contribution is -2.31. The van der Waals surface area contributed by atoms with Crippen LogP contribution >= 0.6 is 0 Å². The van der Waals surface area contributed by atoms with Gasteiger partial charge in [0.2, 0.25) is 5.91 Å². The summed E-state index contributed by atoms with van der Waals surface area (Å²) >= 11 is 0. The minimum atomic E-state index is -0.832. The maximum Gasteiger partial charge on any atom is 0.228 e. The zero-order valence-corrected chi connectivity index (χ0v) is 13.7. The van der Waals surface area contributed by atoms with Crippen molar-refractivity contribution in [1.29, 1.82) is 0 Å². The Labute approximate surface area is 136 Å². The van der Waals surface area contributed by atoms with E-state index in [0.717, 1.165) is 29.7 Å². The van der Waals surface area contributed by atoms with Crippen molar-refractivity contribution in [2.45, 2.75) is 44.6 Å². The molecule has 1 saturated carbocycles. The number of rotatable bonds is 4. The Bertz CT molecular complexity index is 715. The van der Waals surface area contributed by atoms with Crippen molar-refractivity contribution < 1.29 is 9.90 Å². The van der Waals surface area contributed by atoms with Crippen molar-refractivity contribution in [1.82, 2.24) is 9.78 Å². The Morgan fingerprint density at radius 1 is 1.35 bits per heavy atom. The molecule has 3 rings (SSSR count). The summed E-state index contributed by atoms with van der Waals surface area (Å²) in [5, 5.41) is 17.7. The van der Waals surface area contributed by atoms with Crippen molar-refractivity contribution >= 4 is 11.7 Å². The molecular weight excluding hydrogens is 290 g/mol. The molecule has 0 spiro atoms. The predicted molar refractivity (Wildman–Crippen MR) is 90.0 cm³/mol. The van der Waals surface area contributed by atoms with E-state index in [-0.39, 0.29) is 12.3 Å². The molecule has 1 aliphatic rings. The van der Waals surface area contributed by atoms with Gasteiger partial charge in [-0.05, 0) is 25.3 Å². The summed E-state index contributed by atoms with van der Waals surface area (Å²) in [6.45, 7) is 2.04. The highest BCUT2D eigenvalue weighted by Gasteiger charge is 2.33. The highest BCUT2D eigenvalue weighted by molar-refractivity contribution is 5.91. The second-order valence-electron chi connectivity index (χ2n) is 6.51. The molecule has 2 aromatic rings. The average Bonchev–Trinajstić information content (AvgIpc) is 3.06. The molecule has 0 saturated heterocycles. The normalized spacial score (nSPS) is 16.5. The number of carbonyl (C=O) groups excluding carboxylic acids is 1. The third-order valence-corrected chi connectivity index (χ3v) is 4.59. The van der Waals surface area contributed by atoms with E-state index in [1.807, 2.05) is 44.3 Å². The molecule has 5 nitrogen and oxygen atoms in total. The van der Waals surface area contributed by atoms with E-state index in [4.69, 9.17) is 0 Å². The monoisotopic (exact) mass is 313 g/mol. The summed E-state index contributed by atoms with van der Waals surface area (Å²) in [6, 6.07) is 9.90. The zero-order chi connectivity index (χ0) is 16.4. The van der Waals surface area contributed by atoms with E-state index in [1.165, 1.54) is 0 Å². The molecule has 5 heteroatoms. The maximum atomic E-state index is 12.2. The van der Waals surface area contributed by atoms with E-state index in [2.05, 4.69) is 10.4 Å². The van der Waals surface area contributed by atoms with Crippen LogP contribution in [-0.4, -0.2) is 26.4 Å². The molecule has 0 radical (unpaired) electrons. The number of anilines is 1. The second kappa shape index (κ2) is 6.16. The first-order valence-corrected chi connectivity index (χ1v) is 8.09. The third-order valence-electron chi connectivity index (χ3n) is 4.59. The SMILES string of the molecule is Cc1ccccc1-c1cc(NC(=O)CC2(O)CCCC2)n(C)n1. The maximum absolute atomic E-state index is 12.2. The molecule has 1 aromatic carbocycles. The molecule has 1 fully saturated rings. The largest absolute Gasteiger partial charge is 0.389 e. The van der Waals surface area contributed by atoms with Gasteiger partial charge < -0.3 is 10.4 Å². The Balaban J connectivity index is 1.74. The van der Waals surface area contributed by atoms with Crippen LogP contribution in [-0.2, 0) is 11.8 Å². The minimum absolute atomic E-state index is 0.151. The van der Waals surface area contributed by atoms with Gasteiger partial charge in [0.25, 0.3) is 0 Å². The number of aryl methyl sites for hydroxylation is 2. The Morgan fingerprint density at radius 3 is 2.74 bits per heavy atom. The van der Waals surface area contributed by atoms with Crippen molar-refractivity contribution in [2.75, 3.05) is 5.32 Å². The molecule has 0 bridgehead atoms. The number of carbonyl (C=O) groups is 1. The standard InChI is InChI=1S/C18H23N3O2/c1-13-7-3-4-8-14(13)15-11-16(21(2)20-15)19-17(22)12-18(23)9-5-6-10-18/h3-4,7-8,11,23H,5-6,9-10,12H2,1-2H3,(H,19,22). The van der Waals surface area contributed by atoms with Crippen LogP contribution in [0.1, 0.15) is 37.7 Å². The smallest absolute Gasteiger partial charge is 0.228 e. The average molecular weight is 313 g/mol. The molecule has 1 aliphatic carbocycles. The molecule has 1 aromatic heterocycles. The van der Waals surface area contributed by atoms with E-state index >= 15 is 0 Å². The number of nitrogens with zero attached hydrogens (tertiary/aromatic N) is 2. The first-order chi connectivity index (χ1) is 11.0. The van der Waals surface area contributed by atoms with Crippen LogP contribution in [0.3, 0.4) is 0 Å². The molecule has 2 N–H and O–H groups in total. The van der Waals surface area contributed by atoms with Gasteiger partial charge in [0, 0.05) is 18.7 Å². The summed E-state index contributed by atoms with van der Waals surface area (Å²) in [5.74, 6) is 0.489. The molecule has 122 valence electrons. The molecule has 0 atom stereocenters. The quantitative estimate of drug-likeness (QED) is 0.911. The van der Waals surface area contributed by atoms with Crippen molar-refractivity contribution in [3.8, 4) is 11.3 Å². The predicted octanol–water partition coefficient (Wildman–Crippen LogP) is 3.03. The van der Waals surface area contributed by atoms with Crippen LogP contribution in [0.25, 0.3) is 11.3 Å². The van der Waals surface area contributed by atoms with Crippen LogP contribution < -0.4 is 5.32 Å². The minimum Gasteiger partial charge on any atom is -0.389 e. The number of aromatic nitrogens is 2. The number of hydrogen-bond acceptors (Lipinski definition) is 3. The summed E-state index contributed by atoms with van der Waals surface area (Å²) in [7, 11) is 1.81. The van der Waals surface area contributed by atoms with Gasteiger partial charge in [0.1, 0.15) is 5.82 Å². The van der Waals surface area contributed by atoms with Gasteiger partial charge in [-0.15, -0.1) is 0 Å². The van der Waals surface area contributed by atoms with Gasteiger partial charge in [-0.1, -0.05) is 37.1 Å². The number of nitrogens with one attached hydrogen (secondary N) is 1. The fourth-order valence-corrected chi connectivity index (χ4v) is 3.27. The first-order valence-electron chi connectivity index (χ1n) is 8.09. The van der Waals surface area contributed by atoms with Crippen molar-refractivity contribution in [3.05, 3.63) is 35.9 Å². The van der Waals surface area contributed by atoms with E-state index in [1.54, 1.807) is 4.68 Å². The third kappa shape index (κ3) is 3.45. The number of hydrogen-bond donors (Lipinski definition) is 2. The van der Waals surface area contributed by atoms with E-state index in [0.29, 0.717) is 18.7 Å². The molecule has 23 heavy (non-hydrogen) atoms. The Morgan fingerprint density at radius 2 is 2.04 bits per heavy atom. The lowest BCUT2D eigenvalue weighted by atomic mass is 9.98. The van der Waals surface area contributed by atoms with Gasteiger partial charge in [0.15, 0.2) is 0 Å². The van der Waals surface area contributed by atoms with Crippen LogP contribution in [0.2, 0.25) is 0 Å². The zero-order valence-electron chi connectivity index (χ0n) is 13.7. The second-order valence-corrected chi connectivity index (χ2v) is 6.51. The number of amides is 1. The van der Waals surface area contributed by atoms with Gasteiger partial charge in [-0.2, -0.15) is 5.10 Å². The Hall–Kier alpha value is -2.14. The van der Waals surface area contributed by atoms with Gasteiger partial charge in [0.05, 0.1) is 17.7 Å². The Kier molecular flexibility index (Phi) is 4.22. The fourth-order valence-electron chi connectivity index (χ4n) is 3.27. The summed E-state index contributed by atoms with van der Waals surface area (Å²) in [4.78, 5) is 12.2.